The van der Waals surface area contributed by atoms with Crippen LogP contribution in [0.4, 0.5) is 0 Å². The van der Waals surface area contributed by atoms with E-state index in [4.69, 9.17) is 4.74 Å². The second-order valence-corrected chi connectivity index (χ2v) is 7.31. The summed E-state index contributed by atoms with van der Waals surface area (Å²) >= 11 is 0. The van der Waals surface area contributed by atoms with Gasteiger partial charge in [-0.15, -0.1) is 0 Å². The minimum absolute atomic E-state index is 0.625. The average Bonchev–Trinajstić information content (AvgIpc) is 3.19. The number of ether oxygens (including phenoxy) is 1. The van der Waals surface area contributed by atoms with Gasteiger partial charge in [-0.1, -0.05) is 78.9 Å². The Balaban J connectivity index is 2.01. The summed E-state index contributed by atoms with van der Waals surface area (Å²) in [4.78, 5) is 0. The first kappa shape index (κ1) is 18.7. The van der Waals surface area contributed by atoms with Gasteiger partial charge >= 0.3 is 0 Å². The van der Waals surface area contributed by atoms with Crippen LogP contribution in [0.3, 0.4) is 0 Å². The van der Waals surface area contributed by atoms with Crippen molar-refractivity contribution >= 4 is 5.52 Å². The van der Waals surface area contributed by atoms with Gasteiger partial charge in [0.05, 0.1) is 30.0 Å². The summed E-state index contributed by atoms with van der Waals surface area (Å²) in [6.07, 6.45) is 1.99. The second-order valence-electron chi connectivity index (χ2n) is 7.31. The third-order valence-electron chi connectivity index (χ3n) is 5.55. The molecule has 148 valence electrons. The quantitative estimate of drug-likeness (QED) is 0.332. The number of hydrogen-bond acceptors (Lipinski definition) is 2. The second kappa shape index (κ2) is 7.85. The van der Waals surface area contributed by atoms with Crippen LogP contribution in [0, 0.1) is 11.3 Å². The number of benzene rings is 3. The van der Waals surface area contributed by atoms with Crippen molar-refractivity contribution in [2.75, 3.05) is 7.11 Å². The lowest BCUT2D eigenvalue weighted by Crippen LogP contribution is -1.90. The molecule has 2 heterocycles. The zero-order valence-corrected chi connectivity index (χ0v) is 17.1. The molecule has 0 saturated heterocycles. The predicted molar refractivity (Wildman–Crippen MR) is 125 cm³/mol. The summed E-state index contributed by atoms with van der Waals surface area (Å²) in [5, 5.41) is 9.59. The van der Waals surface area contributed by atoms with Crippen LogP contribution in [-0.2, 0) is 0 Å². The van der Waals surface area contributed by atoms with Gasteiger partial charge in [-0.05, 0) is 29.3 Å². The topological polar surface area (TPSA) is 37.4 Å². The number of aromatic nitrogens is 1. The molecule has 0 unspecified atom stereocenters. The Bertz CT molecular complexity index is 1410. The highest BCUT2D eigenvalue weighted by Gasteiger charge is 2.24. The molecule has 3 heteroatoms. The molecule has 2 aromatic heterocycles. The van der Waals surface area contributed by atoms with E-state index in [0.29, 0.717) is 5.56 Å². The number of nitrogens with zero attached hydrogens (tertiary/aromatic N) is 2. The highest BCUT2D eigenvalue weighted by Crippen LogP contribution is 2.47. The third kappa shape index (κ3) is 3.15. The van der Waals surface area contributed by atoms with Gasteiger partial charge in [0.15, 0.2) is 0 Å². The molecule has 0 bridgehead atoms. The first-order valence-corrected chi connectivity index (χ1v) is 10.1. The maximum absolute atomic E-state index is 9.59. The lowest BCUT2D eigenvalue weighted by Gasteiger charge is -2.12. The van der Waals surface area contributed by atoms with Gasteiger partial charge in [0, 0.05) is 22.9 Å². The third-order valence-corrected chi connectivity index (χ3v) is 5.55. The van der Waals surface area contributed by atoms with Crippen LogP contribution in [0.25, 0.3) is 39.0 Å². The molecule has 0 aliphatic heterocycles. The van der Waals surface area contributed by atoms with E-state index < -0.39 is 0 Å². The summed E-state index contributed by atoms with van der Waals surface area (Å²) in [5.41, 5.74) is 8.09. The van der Waals surface area contributed by atoms with Crippen molar-refractivity contribution in [3.05, 3.63) is 109 Å². The Kier molecular flexibility index (Phi) is 4.74. The van der Waals surface area contributed by atoms with E-state index in [1.807, 2.05) is 48.7 Å². The van der Waals surface area contributed by atoms with Gasteiger partial charge < -0.3 is 9.14 Å². The largest absolute Gasteiger partial charge is 0.496 e. The Morgan fingerprint density at radius 3 is 2.06 bits per heavy atom. The fraction of sp³-hybridized carbons (Fsp3) is 0.0357. The van der Waals surface area contributed by atoms with Gasteiger partial charge in [0.1, 0.15) is 5.75 Å². The van der Waals surface area contributed by atoms with Crippen molar-refractivity contribution in [2.45, 2.75) is 0 Å². The van der Waals surface area contributed by atoms with Gasteiger partial charge in [0.25, 0.3) is 0 Å². The lowest BCUT2D eigenvalue weighted by molar-refractivity contribution is 0.416. The zero-order valence-electron chi connectivity index (χ0n) is 17.1. The number of pyridine rings is 1. The maximum Gasteiger partial charge on any atom is 0.126 e. The smallest absolute Gasteiger partial charge is 0.126 e. The molecule has 31 heavy (non-hydrogen) atoms. The van der Waals surface area contributed by atoms with Gasteiger partial charge in [-0.3, -0.25) is 0 Å². The fourth-order valence-corrected chi connectivity index (χ4v) is 4.21. The number of para-hydroxylation sites is 1. The molecule has 0 radical (unpaired) electrons. The molecule has 0 amide bonds. The van der Waals surface area contributed by atoms with Gasteiger partial charge in [0.2, 0.25) is 0 Å². The molecular weight excluding hydrogens is 380 g/mol. The molecule has 0 N–H and O–H groups in total. The van der Waals surface area contributed by atoms with Crippen molar-refractivity contribution in [1.82, 2.24) is 4.40 Å². The summed E-state index contributed by atoms with van der Waals surface area (Å²) in [6.45, 7) is 0. The SMILES string of the molecule is COc1ccccc1-c1c(-c2ccccc2)c(-c2ccccc2)n2ccc(C#N)cc12. The maximum atomic E-state index is 9.59. The van der Waals surface area contributed by atoms with Crippen LogP contribution in [0.2, 0.25) is 0 Å². The molecule has 5 rings (SSSR count). The number of rotatable bonds is 4. The van der Waals surface area contributed by atoms with E-state index >= 15 is 0 Å². The van der Waals surface area contributed by atoms with E-state index in [9.17, 15) is 5.26 Å². The number of methoxy groups -OCH3 is 1. The molecule has 5 aromatic rings. The van der Waals surface area contributed by atoms with Crippen LogP contribution in [-0.4, -0.2) is 11.5 Å². The Morgan fingerprint density at radius 1 is 0.742 bits per heavy atom. The minimum atomic E-state index is 0.625. The molecule has 0 atom stereocenters. The molecule has 3 aromatic carbocycles. The Hall–Kier alpha value is -4.29. The number of fused-ring (bicyclic) bond motifs is 1. The highest BCUT2D eigenvalue weighted by atomic mass is 16.5. The summed E-state index contributed by atoms with van der Waals surface area (Å²) in [7, 11) is 1.69. The Labute approximate surface area is 181 Å². The normalized spacial score (nSPS) is 10.7. The van der Waals surface area contributed by atoms with Crippen molar-refractivity contribution in [1.29, 1.82) is 5.26 Å². The molecule has 0 saturated carbocycles. The summed E-state index contributed by atoms with van der Waals surface area (Å²) < 4.78 is 7.92. The van der Waals surface area contributed by atoms with E-state index in [0.717, 1.165) is 44.8 Å². The lowest BCUT2D eigenvalue weighted by atomic mass is 9.93. The van der Waals surface area contributed by atoms with Crippen LogP contribution in [0.1, 0.15) is 5.56 Å². The zero-order chi connectivity index (χ0) is 21.2. The van der Waals surface area contributed by atoms with E-state index in [-0.39, 0.29) is 0 Å². The fourth-order valence-electron chi connectivity index (χ4n) is 4.21. The summed E-state index contributed by atoms with van der Waals surface area (Å²) in [5.74, 6) is 0.800. The number of hydrogen-bond donors (Lipinski definition) is 0. The van der Waals surface area contributed by atoms with Crippen LogP contribution >= 0.6 is 0 Å². The molecule has 0 aliphatic rings. The van der Waals surface area contributed by atoms with Crippen LogP contribution in [0.5, 0.6) is 5.75 Å². The van der Waals surface area contributed by atoms with E-state index in [1.54, 1.807) is 7.11 Å². The molecule has 3 nitrogen and oxygen atoms in total. The van der Waals surface area contributed by atoms with Gasteiger partial charge in [-0.25, -0.2) is 0 Å². The standard InChI is InChI=1S/C28H20N2O/c1-31-25-15-9-8-14-23(25)27-24-18-20(19-29)16-17-30(24)28(22-12-6-3-7-13-22)26(27)21-10-4-2-5-11-21/h2-18H,1H3. The Morgan fingerprint density at radius 2 is 1.39 bits per heavy atom. The molecule has 0 spiro atoms. The highest BCUT2D eigenvalue weighted by molar-refractivity contribution is 6.04. The van der Waals surface area contributed by atoms with Crippen molar-refractivity contribution in [3.8, 4) is 45.3 Å². The monoisotopic (exact) mass is 400 g/mol. The van der Waals surface area contributed by atoms with Gasteiger partial charge in [-0.2, -0.15) is 5.26 Å². The van der Waals surface area contributed by atoms with Crippen molar-refractivity contribution < 1.29 is 4.74 Å². The average molecular weight is 400 g/mol. The first-order chi connectivity index (χ1) is 15.3. The molecule has 0 aliphatic carbocycles. The van der Waals surface area contributed by atoms with E-state index in [1.165, 1.54) is 0 Å². The van der Waals surface area contributed by atoms with Crippen molar-refractivity contribution in [3.63, 3.8) is 0 Å². The summed E-state index contributed by atoms with van der Waals surface area (Å²) in [6, 6.07) is 34.9. The van der Waals surface area contributed by atoms with Crippen molar-refractivity contribution in [2.24, 2.45) is 0 Å². The van der Waals surface area contributed by atoms with Crippen LogP contribution in [0.15, 0.2) is 103 Å². The predicted octanol–water partition coefficient (Wildman–Crippen LogP) is 6.82. The molecular formula is C28H20N2O. The van der Waals surface area contributed by atoms with Crippen LogP contribution < -0.4 is 4.74 Å². The molecule has 0 fully saturated rings. The van der Waals surface area contributed by atoms with E-state index in [2.05, 4.69) is 65.1 Å². The first-order valence-electron chi connectivity index (χ1n) is 10.1. The minimum Gasteiger partial charge on any atom is -0.496 e. The number of nitriles is 1.